The SMILES string of the molecule is O=C(OCc1ccccc1)n1cc(CO)cc1O. The fourth-order valence-electron chi connectivity index (χ4n) is 1.53. The zero-order chi connectivity index (χ0) is 13.0. The molecule has 1 heterocycles. The predicted molar refractivity (Wildman–Crippen MR) is 64.0 cm³/mol. The number of aliphatic hydroxyl groups is 1. The molecule has 0 amide bonds. The topological polar surface area (TPSA) is 71.7 Å². The Hall–Kier alpha value is -2.27. The van der Waals surface area contributed by atoms with Crippen molar-refractivity contribution >= 4 is 6.09 Å². The summed E-state index contributed by atoms with van der Waals surface area (Å²) in [6.07, 6.45) is 0.652. The molecule has 2 aromatic rings. The maximum absolute atomic E-state index is 11.7. The van der Waals surface area contributed by atoms with Crippen molar-refractivity contribution in [2.45, 2.75) is 13.2 Å². The van der Waals surface area contributed by atoms with Gasteiger partial charge in [0.15, 0.2) is 0 Å². The predicted octanol–water partition coefficient (Wildman–Crippen LogP) is 1.87. The zero-order valence-electron chi connectivity index (χ0n) is 9.61. The monoisotopic (exact) mass is 247 g/mol. The first-order valence-corrected chi connectivity index (χ1v) is 5.43. The summed E-state index contributed by atoms with van der Waals surface area (Å²) in [7, 11) is 0. The third-order valence-corrected chi connectivity index (χ3v) is 2.44. The molecule has 1 aromatic heterocycles. The van der Waals surface area contributed by atoms with Crippen molar-refractivity contribution in [2.24, 2.45) is 0 Å². The summed E-state index contributed by atoms with van der Waals surface area (Å²) in [4.78, 5) is 11.7. The lowest BCUT2D eigenvalue weighted by molar-refractivity contribution is 0.139. The molecule has 0 radical (unpaired) electrons. The Bertz CT molecular complexity index is 533. The minimum Gasteiger partial charge on any atom is -0.494 e. The lowest BCUT2D eigenvalue weighted by Crippen LogP contribution is -2.12. The molecule has 0 saturated carbocycles. The Labute approximate surface area is 104 Å². The number of hydrogen-bond donors (Lipinski definition) is 2. The summed E-state index contributed by atoms with van der Waals surface area (Å²) >= 11 is 0. The van der Waals surface area contributed by atoms with Crippen LogP contribution in [0.15, 0.2) is 42.6 Å². The van der Waals surface area contributed by atoms with Gasteiger partial charge in [0.25, 0.3) is 0 Å². The second-order valence-corrected chi connectivity index (χ2v) is 3.77. The third kappa shape index (κ3) is 2.70. The van der Waals surface area contributed by atoms with Gasteiger partial charge in [0, 0.05) is 12.3 Å². The van der Waals surface area contributed by atoms with Crippen LogP contribution in [0.2, 0.25) is 0 Å². The first-order chi connectivity index (χ1) is 8.70. The molecule has 0 atom stereocenters. The molecule has 0 fully saturated rings. The number of rotatable bonds is 3. The molecular weight excluding hydrogens is 234 g/mol. The van der Waals surface area contributed by atoms with Crippen molar-refractivity contribution in [1.29, 1.82) is 0 Å². The average Bonchev–Trinajstić information content (AvgIpc) is 2.78. The van der Waals surface area contributed by atoms with E-state index in [4.69, 9.17) is 9.84 Å². The Morgan fingerprint density at radius 3 is 2.56 bits per heavy atom. The molecule has 0 aliphatic carbocycles. The van der Waals surface area contributed by atoms with Crippen LogP contribution < -0.4 is 0 Å². The molecule has 0 unspecified atom stereocenters. The summed E-state index contributed by atoms with van der Waals surface area (Å²) in [5, 5.41) is 18.4. The van der Waals surface area contributed by atoms with E-state index in [1.807, 2.05) is 30.3 Å². The van der Waals surface area contributed by atoms with E-state index in [0.717, 1.165) is 10.1 Å². The lowest BCUT2D eigenvalue weighted by Gasteiger charge is -2.05. The lowest BCUT2D eigenvalue weighted by atomic mass is 10.2. The average molecular weight is 247 g/mol. The summed E-state index contributed by atoms with van der Waals surface area (Å²) in [6, 6.07) is 10.5. The number of hydrogen-bond acceptors (Lipinski definition) is 4. The van der Waals surface area contributed by atoms with Crippen molar-refractivity contribution in [3.8, 4) is 5.88 Å². The van der Waals surface area contributed by atoms with Gasteiger partial charge in [-0.25, -0.2) is 9.36 Å². The Morgan fingerprint density at radius 1 is 1.22 bits per heavy atom. The van der Waals surface area contributed by atoms with E-state index in [1.165, 1.54) is 12.3 Å². The van der Waals surface area contributed by atoms with Crippen molar-refractivity contribution in [3.63, 3.8) is 0 Å². The van der Waals surface area contributed by atoms with Crippen LogP contribution in [0.25, 0.3) is 0 Å². The molecule has 0 aliphatic heterocycles. The number of ether oxygens (including phenoxy) is 1. The highest BCUT2D eigenvalue weighted by molar-refractivity contribution is 5.72. The molecule has 94 valence electrons. The number of carbonyl (C=O) groups is 1. The van der Waals surface area contributed by atoms with Crippen LogP contribution >= 0.6 is 0 Å². The van der Waals surface area contributed by atoms with Crippen LogP contribution in [-0.4, -0.2) is 20.9 Å². The molecule has 18 heavy (non-hydrogen) atoms. The highest BCUT2D eigenvalue weighted by atomic mass is 16.6. The minimum absolute atomic E-state index is 0.131. The molecule has 0 saturated heterocycles. The van der Waals surface area contributed by atoms with E-state index in [-0.39, 0.29) is 19.1 Å². The van der Waals surface area contributed by atoms with Gasteiger partial charge in [-0.15, -0.1) is 0 Å². The van der Waals surface area contributed by atoms with Gasteiger partial charge >= 0.3 is 6.09 Å². The molecular formula is C13H13NO4. The molecule has 0 spiro atoms. The number of aromatic hydroxyl groups is 1. The number of carbonyl (C=O) groups excluding carboxylic acids is 1. The summed E-state index contributed by atoms with van der Waals surface area (Å²) in [5.41, 5.74) is 1.31. The van der Waals surface area contributed by atoms with Crippen LogP contribution in [0.1, 0.15) is 11.1 Å². The summed E-state index contributed by atoms with van der Waals surface area (Å²) in [5.74, 6) is -0.253. The fraction of sp³-hybridized carbons (Fsp3) is 0.154. The largest absolute Gasteiger partial charge is 0.494 e. The first-order valence-electron chi connectivity index (χ1n) is 5.43. The zero-order valence-corrected chi connectivity index (χ0v) is 9.61. The van der Waals surface area contributed by atoms with Crippen molar-refractivity contribution < 1.29 is 19.7 Å². The van der Waals surface area contributed by atoms with Gasteiger partial charge in [0.1, 0.15) is 6.61 Å². The van der Waals surface area contributed by atoms with Crippen LogP contribution in [0.5, 0.6) is 5.88 Å². The second kappa shape index (κ2) is 5.37. The molecule has 5 heteroatoms. The van der Waals surface area contributed by atoms with Crippen LogP contribution in [0.4, 0.5) is 4.79 Å². The van der Waals surface area contributed by atoms with Gasteiger partial charge in [-0.3, -0.25) is 0 Å². The molecule has 0 aliphatic rings. The normalized spacial score (nSPS) is 10.3. The van der Waals surface area contributed by atoms with Gasteiger partial charge < -0.3 is 14.9 Å². The third-order valence-electron chi connectivity index (χ3n) is 2.44. The van der Waals surface area contributed by atoms with Gasteiger partial charge in [0.2, 0.25) is 5.88 Å². The Kier molecular flexibility index (Phi) is 3.64. The van der Waals surface area contributed by atoms with E-state index in [1.54, 1.807) is 0 Å². The number of nitrogens with zero attached hydrogens (tertiary/aromatic N) is 1. The van der Waals surface area contributed by atoms with Crippen LogP contribution in [0.3, 0.4) is 0 Å². The van der Waals surface area contributed by atoms with E-state index < -0.39 is 6.09 Å². The standard InChI is InChI=1S/C13H13NO4/c15-8-11-6-12(16)14(7-11)13(17)18-9-10-4-2-1-3-5-10/h1-7,15-16H,8-9H2. The van der Waals surface area contributed by atoms with Gasteiger partial charge in [-0.1, -0.05) is 30.3 Å². The second-order valence-electron chi connectivity index (χ2n) is 3.77. The minimum atomic E-state index is -0.684. The van der Waals surface area contributed by atoms with Crippen LogP contribution in [0, 0.1) is 0 Å². The number of aliphatic hydroxyl groups excluding tert-OH is 1. The highest BCUT2D eigenvalue weighted by Crippen LogP contribution is 2.16. The smallest absolute Gasteiger partial charge is 0.421 e. The van der Waals surface area contributed by atoms with E-state index >= 15 is 0 Å². The van der Waals surface area contributed by atoms with Gasteiger partial charge in [-0.05, 0) is 11.1 Å². The van der Waals surface area contributed by atoms with Gasteiger partial charge in [0.05, 0.1) is 6.61 Å². The van der Waals surface area contributed by atoms with Gasteiger partial charge in [-0.2, -0.15) is 0 Å². The Balaban J connectivity index is 2.01. The number of benzene rings is 1. The summed E-state index contributed by atoms with van der Waals surface area (Å²) in [6.45, 7) is -0.113. The van der Waals surface area contributed by atoms with Crippen molar-refractivity contribution in [2.75, 3.05) is 0 Å². The highest BCUT2D eigenvalue weighted by Gasteiger charge is 2.12. The molecule has 2 rings (SSSR count). The maximum Gasteiger partial charge on any atom is 0.421 e. The molecule has 2 N–H and O–H groups in total. The molecule has 1 aromatic carbocycles. The fourth-order valence-corrected chi connectivity index (χ4v) is 1.53. The maximum atomic E-state index is 11.7. The Morgan fingerprint density at radius 2 is 1.94 bits per heavy atom. The van der Waals surface area contributed by atoms with E-state index in [9.17, 15) is 9.90 Å². The molecule has 5 nitrogen and oxygen atoms in total. The quantitative estimate of drug-likeness (QED) is 0.868. The van der Waals surface area contributed by atoms with Crippen molar-refractivity contribution in [3.05, 3.63) is 53.7 Å². The van der Waals surface area contributed by atoms with E-state index in [0.29, 0.717) is 5.56 Å². The summed E-state index contributed by atoms with van der Waals surface area (Å²) < 4.78 is 5.99. The van der Waals surface area contributed by atoms with Crippen LogP contribution in [-0.2, 0) is 18.0 Å². The van der Waals surface area contributed by atoms with E-state index in [2.05, 4.69) is 0 Å². The van der Waals surface area contributed by atoms with Crippen molar-refractivity contribution in [1.82, 2.24) is 4.57 Å². The first kappa shape index (κ1) is 12.2. The number of aromatic nitrogens is 1. The molecule has 0 bridgehead atoms.